The van der Waals surface area contributed by atoms with Crippen LogP contribution < -0.4 is 0 Å². The zero-order chi connectivity index (χ0) is 7.07. The summed E-state index contributed by atoms with van der Waals surface area (Å²) in [5.41, 5.74) is 0. The van der Waals surface area contributed by atoms with Crippen molar-refractivity contribution in [1.82, 2.24) is 0 Å². The smallest absolute Gasteiger partial charge is 0.0837 e. The van der Waals surface area contributed by atoms with Gasteiger partial charge in [0.15, 0.2) is 0 Å². The third-order valence-electron chi connectivity index (χ3n) is 1.40. The summed E-state index contributed by atoms with van der Waals surface area (Å²) in [5, 5.41) is 0. The molecule has 0 amide bonds. The molecule has 0 aromatic rings. The second kappa shape index (κ2) is 6.05. The van der Waals surface area contributed by atoms with E-state index in [0.29, 0.717) is 0 Å². The van der Waals surface area contributed by atoms with Crippen LogP contribution in [0.4, 0.5) is 0 Å². The average molecular weight is 158 g/mol. The SMILES string of the molecule is [CH]1CCCO1.[CH]1CCCS1. The van der Waals surface area contributed by atoms with Gasteiger partial charge in [0.1, 0.15) is 0 Å². The van der Waals surface area contributed by atoms with Crippen molar-refractivity contribution in [3.63, 3.8) is 0 Å². The molecule has 2 fully saturated rings. The maximum absolute atomic E-state index is 4.82. The molecule has 0 saturated carbocycles. The molecule has 0 atom stereocenters. The fourth-order valence-electron chi connectivity index (χ4n) is 0.833. The highest BCUT2D eigenvalue weighted by molar-refractivity contribution is 8.01. The maximum atomic E-state index is 4.82. The van der Waals surface area contributed by atoms with Gasteiger partial charge < -0.3 is 4.74 Å². The standard InChI is InChI=1S/C4H7O.C4H7S/c2*1-2-4-5-3-1/h2*3H,1-2,4H2. The monoisotopic (exact) mass is 158 g/mol. The first-order valence-corrected chi connectivity index (χ1v) is 4.91. The quantitative estimate of drug-likeness (QED) is 0.536. The van der Waals surface area contributed by atoms with Gasteiger partial charge in [-0.3, -0.25) is 0 Å². The molecule has 0 aromatic heterocycles. The summed E-state index contributed by atoms with van der Waals surface area (Å²) in [6.07, 6.45) is 5.12. The van der Waals surface area contributed by atoms with Crippen molar-refractivity contribution >= 4 is 11.8 Å². The lowest BCUT2D eigenvalue weighted by molar-refractivity contribution is 0.254. The fourth-order valence-corrected chi connectivity index (χ4v) is 1.67. The topological polar surface area (TPSA) is 9.23 Å². The van der Waals surface area contributed by atoms with E-state index in [0.717, 1.165) is 13.0 Å². The van der Waals surface area contributed by atoms with Gasteiger partial charge in [0.2, 0.25) is 0 Å². The molecule has 2 heteroatoms. The highest BCUT2D eigenvalue weighted by Gasteiger charge is 1.96. The number of hydrogen-bond acceptors (Lipinski definition) is 2. The van der Waals surface area contributed by atoms with Gasteiger partial charge >= 0.3 is 0 Å². The Labute approximate surface area is 67.5 Å². The summed E-state index contributed by atoms with van der Waals surface area (Å²) in [7, 11) is 0. The van der Waals surface area contributed by atoms with Crippen LogP contribution in [0, 0.1) is 12.4 Å². The first kappa shape index (κ1) is 8.41. The van der Waals surface area contributed by atoms with Crippen LogP contribution in [0.2, 0.25) is 0 Å². The highest BCUT2D eigenvalue weighted by atomic mass is 32.2. The minimum Gasteiger partial charge on any atom is -0.376 e. The molecule has 0 unspecified atom stereocenters. The minimum atomic E-state index is 0.944. The molecule has 58 valence electrons. The molecule has 2 radical (unpaired) electrons. The van der Waals surface area contributed by atoms with Gasteiger partial charge in [0.05, 0.1) is 6.61 Å². The van der Waals surface area contributed by atoms with E-state index >= 15 is 0 Å². The molecule has 0 N–H and O–H groups in total. The van der Waals surface area contributed by atoms with Crippen LogP contribution >= 0.6 is 11.8 Å². The Kier molecular flexibility index (Phi) is 5.08. The lowest BCUT2D eigenvalue weighted by Crippen LogP contribution is -1.69. The summed E-state index contributed by atoms with van der Waals surface area (Å²) >= 11 is 1.95. The second-order valence-corrected chi connectivity index (χ2v) is 3.43. The van der Waals surface area contributed by atoms with Crippen LogP contribution in [0.15, 0.2) is 0 Å². The summed E-state index contributed by atoms with van der Waals surface area (Å²) in [4.78, 5) is 0. The maximum Gasteiger partial charge on any atom is 0.0837 e. The van der Waals surface area contributed by atoms with Gasteiger partial charge in [-0.1, -0.05) is 0 Å². The van der Waals surface area contributed by atoms with Gasteiger partial charge in [-0.15, -0.1) is 0 Å². The van der Waals surface area contributed by atoms with E-state index in [2.05, 4.69) is 5.75 Å². The number of rotatable bonds is 0. The molecule has 2 saturated heterocycles. The number of ether oxygens (including phenoxy) is 1. The zero-order valence-electron chi connectivity index (χ0n) is 6.21. The molecule has 2 heterocycles. The predicted octanol–water partition coefficient (Wildman–Crippen LogP) is 2.63. The Balaban J connectivity index is 0.0000001000. The molecule has 0 aromatic carbocycles. The van der Waals surface area contributed by atoms with Gasteiger partial charge in [0, 0.05) is 12.4 Å². The number of thioether (sulfide) groups is 1. The van der Waals surface area contributed by atoms with Crippen molar-refractivity contribution in [3.8, 4) is 0 Å². The molecular formula is C8H14OS. The van der Waals surface area contributed by atoms with Crippen molar-refractivity contribution in [3.05, 3.63) is 12.4 Å². The van der Waals surface area contributed by atoms with E-state index in [1.54, 1.807) is 0 Å². The third-order valence-corrected chi connectivity index (χ3v) is 2.40. The zero-order valence-corrected chi connectivity index (χ0v) is 7.03. The first-order valence-electron chi connectivity index (χ1n) is 3.87. The van der Waals surface area contributed by atoms with E-state index in [-0.39, 0.29) is 0 Å². The molecule has 10 heavy (non-hydrogen) atoms. The van der Waals surface area contributed by atoms with Crippen LogP contribution in [0.5, 0.6) is 0 Å². The van der Waals surface area contributed by atoms with E-state index < -0.39 is 0 Å². The van der Waals surface area contributed by atoms with Crippen LogP contribution in [-0.2, 0) is 4.74 Å². The molecule has 0 bridgehead atoms. The molecule has 1 nitrogen and oxygen atoms in total. The van der Waals surface area contributed by atoms with E-state index in [4.69, 9.17) is 4.74 Å². The van der Waals surface area contributed by atoms with Crippen molar-refractivity contribution in [1.29, 1.82) is 0 Å². The normalized spacial score (nSPS) is 24.0. The van der Waals surface area contributed by atoms with Crippen molar-refractivity contribution in [2.75, 3.05) is 12.4 Å². The molecule has 0 spiro atoms. The van der Waals surface area contributed by atoms with Crippen LogP contribution in [0.1, 0.15) is 25.7 Å². The van der Waals surface area contributed by atoms with Crippen molar-refractivity contribution in [2.24, 2.45) is 0 Å². The highest BCUT2D eigenvalue weighted by Crippen LogP contribution is 2.20. The average Bonchev–Trinajstić information content (AvgIpc) is 2.67. The molecule has 2 aliphatic heterocycles. The van der Waals surface area contributed by atoms with Crippen LogP contribution in [0.25, 0.3) is 0 Å². The van der Waals surface area contributed by atoms with Crippen molar-refractivity contribution < 1.29 is 4.74 Å². The lowest BCUT2D eigenvalue weighted by Gasteiger charge is -1.75. The minimum absolute atomic E-state index is 0.944. The van der Waals surface area contributed by atoms with Crippen molar-refractivity contribution in [2.45, 2.75) is 25.7 Å². The number of hydrogen-bond donors (Lipinski definition) is 0. The second-order valence-electron chi connectivity index (χ2n) is 2.36. The van der Waals surface area contributed by atoms with Gasteiger partial charge in [-0.05, 0) is 31.4 Å². The Bertz CT molecular complexity index is 42.4. The lowest BCUT2D eigenvalue weighted by atomic mass is 10.4. The van der Waals surface area contributed by atoms with E-state index in [1.165, 1.54) is 25.0 Å². The van der Waals surface area contributed by atoms with Crippen LogP contribution in [-0.4, -0.2) is 12.4 Å². The van der Waals surface area contributed by atoms with E-state index in [9.17, 15) is 0 Å². The first-order chi connectivity index (χ1) is 5.00. The molecule has 2 rings (SSSR count). The van der Waals surface area contributed by atoms with Gasteiger partial charge in [-0.2, -0.15) is 11.8 Å². The Morgan fingerprint density at radius 3 is 2.40 bits per heavy atom. The molecular weight excluding hydrogens is 144 g/mol. The van der Waals surface area contributed by atoms with Gasteiger partial charge in [-0.25, -0.2) is 0 Å². The summed E-state index contributed by atoms with van der Waals surface area (Å²) in [6.45, 7) is 2.81. The molecule has 0 aliphatic carbocycles. The Morgan fingerprint density at radius 1 is 1.20 bits per heavy atom. The third kappa shape index (κ3) is 4.18. The largest absolute Gasteiger partial charge is 0.376 e. The van der Waals surface area contributed by atoms with Crippen LogP contribution in [0.3, 0.4) is 0 Å². The Hall–Kier alpha value is 0.310. The van der Waals surface area contributed by atoms with Gasteiger partial charge in [0.25, 0.3) is 0 Å². The Morgan fingerprint density at radius 2 is 2.20 bits per heavy atom. The predicted molar refractivity (Wildman–Crippen MR) is 45.5 cm³/mol. The molecule has 2 aliphatic rings. The summed E-state index contributed by atoms with van der Waals surface area (Å²) in [6, 6.07) is 0. The summed E-state index contributed by atoms with van der Waals surface area (Å²) < 4.78 is 4.82. The van der Waals surface area contributed by atoms with E-state index in [1.807, 2.05) is 18.4 Å². The fraction of sp³-hybridized carbons (Fsp3) is 0.750. The summed E-state index contributed by atoms with van der Waals surface area (Å²) in [5.74, 6) is 3.64.